The average Bonchev–Trinajstić information content (AvgIpc) is 3.20. The first kappa shape index (κ1) is 23.7. The molecule has 1 aliphatic rings. The topological polar surface area (TPSA) is 72.4 Å². The van der Waals surface area contributed by atoms with Crippen LogP contribution in [0.4, 0.5) is 4.79 Å². The summed E-state index contributed by atoms with van der Waals surface area (Å²) in [5, 5.41) is 7.93. The molecule has 2 amide bonds. The smallest absolute Gasteiger partial charge is 0.318 e. The van der Waals surface area contributed by atoms with E-state index in [4.69, 9.17) is 25.9 Å². The van der Waals surface area contributed by atoms with Crippen molar-refractivity contribution in [2.24, 2.45) is 5.16 Å². The number of benzene rings is 2. The van der Waals surface area contributed by atoms with Crippen LogP contribution in [0.25, 0.3) is 0 Å². The fourth-order valence-electron chi connectivity index (χ4n) is 3.43. The number of carbonyl (C=O) groups excluding carboxylic acids is 1. The lowest BCUT2D eigenvalue weighted by molar-refractivity contribution is 0.0580. The summed E-state index contributed by atoms with van der Waals surface area (Å²) in [6, 6.07) is 13.0. The monoisotopic (exact) mass is 459 g/mol. The molecule has 172 valence electrons. The second kappa shape index (κ2) is 10.1. The predicted molar refractivity (Wildman–Crippen MR) is 126 cm³/mol. The Balaban J connectivity index is 1.72. The quantitative estimate of drug-likeness (QED) is 0.641. The summed E-state index contributed by atoms with van der Waals surface area (Å²) >= 11 is 6.14. The molecule has 0 spiro atoms. The van der Waals surface area contributed by atoms with Crippen LogP contribution >= 0.6 is 11.6 Å². The fourth-order valence-corrected chi connectivity index (χ4v) is 3.65. The molecule has 1 heterocycles. The lowest BCUT2D eigenvalue weighted by Crippen LogP contribution is -2.50. The Morgan fingerprint density at radius 3 is 2.59 bits per heavy atom. The second-order valence-corrected chi connectivity index (χ2v) is 9.17. The van der Waals surface area contributed by atoms with Gasteiger partial charge in [-0.2, -0.15) is 0 Å². The number of carbonyl (C=O) groups is 1. The van der Waals surface area contributed by atoms with E-state index in [0.717, 1.165) is 16.8 Å². The summed E-state index contributed by atoms with van der Waals surface area (Å²) in [5.74, 6) is 1.28. The van der Waals surface area contributed by atoms with E-state index < -0.39 is 0 Å². The van der Waals surface area contributed by atoms with E-state index in [1.165, 1.54) is 0 Å². The van der Waals surface area contributed by atoms with Crippen molar-refractivity contribution in [2.75, 3.05) is 20.8 Å². The van der Waals surface area contributed by atoms with Crippen molar-refractivity contribution in [2.45, 2.75) is 45.4 Å². The number of urea groups is 1. The first-order valence-electron chi connectivity index (χ1n) is 10.4. The minimum atomic E-state index is -0.360. The third-order valence-electron chi connectivity index (χ3n) is 4.91. The van der Waals surface area contributed by atoms with Crippen molar-refractivity contribution < 1.29 is 19.1 Å². The van der Waals surface area contributed by atoms with E-state index in [0.29, 0.717) is 36.0 Å². The zero-order valence-corrected chi connectivity index (χ0v) is 19.9. The number of hydrogen-bond donors (Lipinski definition) is 1. The summed E-state index contributed by atoms with van der Waals surface area (Å²) in [6.45, 7) is 6.65. The van der Waals surface area contributed by atoms with Crippen LogP contribution in [0.1, 0.15) is 38.3 Å². The molecule has 7 nitrogen and oxygen atoms in total. The van der Waals surface area contributed by atoms with Gasteiger partial charge >= 0.3 is 6.03 Å². The third-order valence-corrected chi connectivity index (χ3v) is 5.14. The standard InChI is InChI=1S/C24H30ClN3O4/c1-24(2,3)26-23(29)28(14-16-7-6-8-18(25)11-16)15-19-13-20(27-32-19)17-9-10-21(30-4)22(12-17)31-5/h6-12,19H,13-15H2,1-5H3,(H,26,29)/t19-/m0/s1. The Labute approximate surface area is 194 Å². The van der Waals surface area contributed by atoms with Gasteiger partial charge in [-0.25, -0.2) is 4.79 Å². The molecule has 0 saturated heterocycles. The van der Waals surface area contributed by atoms with Gasteiger partial charge in [0.25, 0.3) is 0 Å². The van der Waals surface area contributed by atoms with Gasteiger partial charge in [-0.15, -0.1) is 0 Å². The minimum absolute atomic E-state index is 0.166. The van der Waals surface area contributed by atoms with Crippen molar-refractivity contribution >= 4 is 23.3 Å². The Morgan fingerprint density at radius 2 is 1.94 bits per heavy atom. The highest BCUT2D eigenvalue weighted by Gasteiger charge is 2.28. The molecule has 0 aliphatic carbocycles. The first-order chi connectivity index (χ1) is 15.2. The van der Waals surface area contributed by atoms with Gasteiger partial charge in [0.05, 0.1) is 26.5 Å². The molecular weight excluding hydrogens is 430 g/mol. The Bertz CT molecular complexity index is 987. The number of amides is 2. The maximum atomic E-state index is 13.0. The highest BCUT2D eigenvalue weighted by molar-refractivity contribution is 6.30. The summed E-state index contributed by atoms with van der Waals surface area (Å²) in [5.41, 5.74) is 2.28. The van der Waals surface area contributed by atoms with E-state index in [2.05, 4.69) is 10.5 Å². The van der Waals surface area contributed by atoms with Gasteiger partial charge in [0.2, 0.25) is 0 Å². The number of oxime groups is 1. The average molecular weight is 460 g/mol. The zero-order chi connectivity index (χ0) is 23.3. The van der Waals surface area contributed by atoms with Crippen molar-refractivity contribution in [1.29, 1.82) is 0 Å². The molecule has 0 saturated carbocycles. The number of methoxy groups -OCH3 is 2. The largest absolute Gasteiger partial charge is 0.493 e. The fraction of sp³-hybridized carbons (Fsp3) is 0.417. The molecule has 32 heavy (non-hydrogen) atoms. The van der Waals surface area contributed by atoms with Gasteiger partial charge < -0.3 is 24.5 Å². The van der Waals surface area contributed by atoms with Crippen LogP contribution in [0.3, 0.4) is 0 Å². The maximum absolute atomic E-state index is 13.0. The third kappa shape index (κ3) is 6.29. The van der Waals surface area contributed by atoms with Crippen LogP contribution in [0.5, 0.6) is 11.5 Å². The molecule has 0 aromatic heterocycles. The SMILES string of the molecule is COc1ccc(C2=NO[C@H](CN(Cc3cccc(Cl)c3)C(=O)NC(C)(C)C)C2)cc1OC. The lowest BCUT2D eigenvalue weighted by Gasteiger charge is -2.29. The summed E-state index contributed by atoms with van der Waals surface area (Å²) in [7, 11) is 3.19. The van der Waals surface area contributed by atoms with Gasteiger partial charge in [-0.05, 0) is 56.7 Å². The van der Waals surface area contributed by atoms with Crippen LogP contribution in [0.15, 0.2) is 47.6 Å². The summed E-state index contributed by atoms with van der Waals surface area (Å²) in [4.78, 5) is 20.4. The van der Waals surface area contributed by atoms with E-state index >= 15 is 0 Å². The Hall–Kier alpha value is -2.93. The first-order valence-corrected chi connectivity index (χ1v) is 10.8. The van der Waals surface area contributed by atoms with Crippen LogP contribution < -0.4 is 14.8 Å². The van der Waals surface area contributed by atoms with Gasteiger partial charge in [0.15, 0.2) is 17.6 Å². The number of nitrogens with one attached hydrogen (secondary N) is 1. The molecule has 1 atom stereocenters. The second-order valence-electron chi connectivity index (χ2n) is 8.73. The van der Waals surface area contributed by atoms with E-state index in [-0.39, 0.29) is 17.7 Å². The number of ether oxygens (including phenoxy) is 2. The van der Waals surface area contributed by atoms with Crippen molar-refractivity contribution in [3.8, 4) is 11.5 Å². The maximum Gasteiger partial charge on any atom is 0.318 e. The normalized spacial score (nSPS) is 15.6. The molecule has 8 heteroatoms. The van der Waals surface area contributed by atoms with Crippen LogP contribution in [-0.2, 0) is 11.4 Å². The number of nitrogens with zero attached hydrogens (tertiary/aromatic N) is 2. The van der Waals surface area contributed by atoms with Crippen LogP contribution in [0.2, 0.25) is 5.02 Å². The molecule has 0 radical (unpaired) electrons. The summed E-state index contributed by atoms with van der Waals surface area (Å²) < 4.78 is 10.7. The van der Waals surface area contributed by atoms with Crippen molar-refractivity contribution in [3.63, 3.8) is 0 Å². The Morgan fingerprint density at radius 1 is 1.19 bits per heavy atom. The highest BCUT2D eigenvalue weighted by atomic mass is 35.5. The zero-order valence-electron chi connectivity index (χ0n) is 19.1. The number of rotatable bonds is 7. The molecule has 3 rings (SSSR count). The minimum Gasteiger partial charge on any atom is -0.493 e. The molecular formula is C24H30ClN3O4. The molecule has 2 aromatic rings. The predicted octanol–water partition coefficient (Wildman–Crippen LogP) is 4.86. The highest BCUT2D eigenvalue weighted by Crippen LogP contribution is 2.29. The van der Waals surface area contributed by atoms with Gasteiger partial charge in [0, 0.05) is 29.1 Å². The molecule has 1 aliphatic heterocycles. The van der Waals surface area contributed by atoms with Crippen molar-refractivity contribution in [3.05, 3.63) is 58.6 Å². The van der Waals surface area contributed by atoms with Gasteiger partial charge in [-0.3, -0.25) is 0 Å². The van der Waals surface area contributed by atoms with Crippen LogP contribution in [0, 0.1) is 0 Å². The molecule has 0 bridgehead atoms. The number of halogens is 1. The van der Waals surface area contributed by atoms with Crippen molar-refractivity contribution in [1.82, 2.24) is 10.2 Å². The van der Waals surface area contributed by atoms with Gasteiger partial charge in [-0.1, -0.05) is 28.9 Å². The van der Waals surface area contributed by atoms with Crippen LogP contribution in [-0.4, -0.2) is 49.0 Å². The van der Waals surface area contributed by atoms with Gasteiger partial charge in [0.1, 0.15) is 0 Å². The molecule has 0 fully saturated rings. The number of hydrogen-bond acceptors (Lipinski definition) is 5. The van der Waals surface area contributed by atoms with E-state index in [9.17, 15) is 4.79 Å². The summed E-state index contributed by atoms with van der Waals surface area (Å²) in [6.07, 6.45) is 0.313. The molecule has 1 N–H and O–H groups in total. The molecule has 2 aromatic carbocycles. The van der Waals surface area contributed by atoms with E-state index in [1.54, 1.807) is 19.1 Å². The molecule has 0 unspecified atom stereocenters. The van der Waals surface area contributed by atoms with E-state index in [1.807, 2.05) is 63.2 Å². The Kier molecular flexibility index (Phi) is 7.51. The lowest BCUT2D eigenvalue weighted by atomic mass is 10.0.